The van der Waals surface area contributed by atoms with Crippen molar-refractivity contribution in [2.45, 2.75) is 45.6 Å². The number of anilines is 1. The fourth-order valence-electron chi connectivity index (χ4n) is 2.63. The summed E-state index contributed by atoms with van der Waals surface area (Å²) in [6.45, 7) is 6.71. The van der Waals surface area contributed by atoms with Crippen molar-refractivity contribution in [3.8, 4) is 0 Å². The lowest BCUT2D eigenvalue weighted by Gasteiger charge is -2.25. The second-order valence-electron chi connectivity index (χ2n) is 5.18. The Hall–Kier alpha value is -1.27. The van der Waals surface area contributed by atoms with E-state index in [4.69, 9.17) is 0 Å². The van der Waals surface area contributed by atoms with Crippen molar-refractivity contribution in [3.63, 3.8) is 0 Å². The van der Waals surface area contributed by atoms with Gasteiger partial charge in [-0.2, -0.15) is 5.10 Å². The molecule has 20 heavy (non-hydrogen) atoms. The molecule has 1 saturated heterocycles. The average molecular weight is 279 g/mol. The van der Waals surface area contributed by atoms with Crippen molar-refractivity contribution in [1.29, 1.82) is 0 Å². The molecule has 2 N–H and O–H groups in total. The minimum atomic E-state index is 0.104. The number of aliphatic hydroxyl groups excluding tert-OH is 1. The molecule has 1 aromatic rings. The molecule has 0 spiro atoms. The zero-order chi connectivity index (χ0) is 14.4. The molecule has 0 saturated carbocycles. The first-order valence-corrected chi connectivity index (χ1v) is 7.60. The highest BCUT2D eigenvalue weighted by Crippen LogP contribution is 2.14. The molecule has 112 valence electrons. The number of hydrogen-bond donors (Lipinski definition) is 2. The van der Waals surface area contributed by atoms with Gasteiger partial charge in [-0.25, -0.2) is 4.98 Å². The molecule has 0 radical (unpaired) electrons. The summed E-state index contributed by atoms with van der Waals surface area (Å²) in [6.07, 6.45) is 4.10. The fraction of sp³-hybridized carbons (Fsp3) is 0.786. The van der Waals surface area contributed by atoms with Crippen LogP contribution in [0.2, 0.25) is 0 Å². The Morgan fingerprint density at radius 2 is 2.05 bits per heavy atom. The molecule has 2 rings (SSSR count). The van der Waals surface area contributed by atoms with E-state index < -0.39 is 0 Å². The highest BCUT2D eigenvalue weighted by Gasteiger charge is 2.20. The molecule has 6 heteroatoms. The molecule has 6 nitrogen and oxygen atoms in total. The quantitative estimate of drug-likeness (QED) is 0.759. The summed E-state index contributed by atoms with van der Waals surface area (Å²) in [5.74, 6) is 0.641. The number of nitrogens with zero attached hydrogens (tertiary/aromatic N) is 4. The van der Waals surface area contributed by atoms with Gasteiger partial charge >= 0.3 is 0 Å². The van der Waals surface area contributed by atoms with Crippen LogP contribution in [-0.2, 0) is 12.8 Å². The standard InChI is InChI=1S/C14H25N5O/c1-3-12-13(4-2)17-18-14(16-12)19(8-9-20)10-11-6-5-7-15-11/h11,15,20H,3-10H2,1-2H3. The number of hydrogen-bond acceptors (Lipinski definition) is 6. The smallest absolute Gasteiger partial charge is 0.245 e. The Balaban J connectivity index is 2.14. The van der Waals surface area contributed by atoms with E-state index in [1.807, 2.05) is 4.90 Å². The topological polar surface area (TPSA) is 74.2 Å². The maximum atomic E-state index is 9.26. The van der Waals surface area contributed by atoms with E-state index in [-0.39, 0.29) is 6.61 Å². The van der Waals surface area contributed by atoms with Crippen LogP contribution in [0.1, 0.15) is 38.1 Å². The summed E-state index contributed by atoms with van der Waals surface area (Å²) < 4.78 is 0. The summed E-state index contributed by atoms with van der Waals surface area (Å²) in [5, 5.41) is 21.3. The Kier molecular flexibility index (Phi) is 5.67. The monoisotopic (exact) mass is 279 g/mol. The average Bonchev–Trinajstić information content (AvgIpc) is 2.99. The van der Waals surface area contributed by atoms with Crippen LogP contribution < -0.4 is 10.2 Å². The number of aryl methyl sites for hydroxylation is 2. The second kappa shape index (κ2) is 7.50. The first kappa shape index (κ1) is 15.1. The second-order valence-corrected chi connectivity index (χ2v) is 5.18. The van der Waals surface area contributed by atoms with Gasteiger partial charge in [0.1, 0.15) is 0 Å². The molecule has 0 amide bonds. The van der Waals surface area contributed by atoms with E-state index in [2.05, 4.69) is 34.3 Å². The third-order valence-electron chi connectivity index (χ3n) is 3.75. The van der Waals surface area contributed by atoms with Crippen molar-refractivity contribution in [2.75, 3.05) is 31.1 Å². The maximum Gasteiger partial charge on any atom is 0.245 e. The summed E-state index contributed by atoms with van der Waals surface area (Å²) in [6, 6.07) is 0.459. The number of aromatic nitrogens is 3. The maximum absolute atomic E-state index is 9.26. The van der Waals surface area contributed by atoms with Crippen molar-refractivity contribution in [1.82, 2.24) is 20.5 Å². The summed E-state index contributed by atoms with van der Waals surface area (Å²) in [4.78, 5) is 6.67. The molecular weight excluding hydrogens is 254 g/mol. The van der Waals surface area contributed by atoms with Crippen molar-refractivity contribution in [3.05, 3.63) is 11.4 Å². The van der Waals surface area contributed by atoms with Crippen LogP contribution in [0.25, 0.3) is 0 Å². The lowest BCUT2D eigenvalue weighted by molar-refractivity contribution is 0.299. The van der Waals surface area contributed by atoms with Gasteiger partial charge in [0.25, 0.3) is 0 Å². The van der Waals surface area contributed by atoms with Crippen molar-refractivity contribution < 1.29 is 5.11 Å². The van der Waals surface area contributed by atoms with E-state index in [0.29, 0.717) is 18.5 Å². The molecule has 1 unspecified atom stereocenters. The molecule has 2 heterocycles. The third-order valence-corrected chi connectivity index (χ3v) is 3.75. The van der Waals surface area contributed by atoms with Crippen molar-refractivity contribution >= 4 is 5.95 Å². The van der Waals surface area contributed by atoms with E-state index in [9.17, 15) is 5.11 Å². The number of rotatable bonds is 7. The molecule has 1 fully saturated rings. The Labute approximate surface area is 120 Å². The van der Waals surface area contributed by atoms with Crippen molar-refractivity contribution in [2.24, 2.45) is 0 Å². The highest BCUT2D eigenvalue weighted by molar-refractivity contribution is 5.31. The van der Waals surface area contributed by atoms with Crippen LogP contribution in [0, 0.1) is 0 Å². The van der Waals surface area contributed by atoms with Gasteiger partial charge in [0.05, 0.1) is 18.0 Å². The van der Waals surface area contributed by atoms with Crippen LogP contribution >= 0.6 is 0 Å². The zero-order valence-electron chi connectivity index (χ0n) is 12.5. The van der Waals surface area contributed by atoms with Crippen LogP contribution in [0.3, 0.4) is 0 Å². The normalized spacial score (nSPS) is 18.4. The molecular formula is C14H25N5O. The molecule has 0 bridgehead atoms. The van der Waals surface area contributed by atoms with Gasteiger partial charge in [-0.1, -0.05) is 13.8 Å². The van der Waals surface area contributed by atoms with E-state index in [1.54, 1.807) is 0 Å². The van der Waals surface area contributed by atoms with Gasteiger partial charge in [-0.05, 0) is 32.2 Å². The predicted molar refractivity (Wildman–Crippen MR) is 78.9 cm³/mol. The highest BCUT2D eigenvalue weighted by atomic mass is 16.3. The Morgan fingerprint density at radius 1 is 1.25 bits per heavy atom. The van der Waals surface area contributed by atoms with E-state index in [0.717, 1.165) is 37.3 Å². The molecule has 1 aliphatic rings. The van der Waals surface area contributed by atoms with Gasteiger partial charge in [-0.15, -0.1) is 5.10 Å². The molecule has 1 aliphatic heterocycles. The van der Waals surface area contributed by atoms with Crippen LogP contribution in [0.4, 0.5) is 5.95 Å². The first-order chi connectivity index (χ1) is 9.78. The van der Waals surface area contributed by atoms with E-state index >= 15 is 0 Å². The lowest BCUT2D eigenvalue weighted by Crippen LogP contribution is -2.40. The SMILES string of the molecule is CCc1nnc(N(CCO)CC2CCCN2)nc1CC. The van der Waals surface area contributed by atoms with Gasteiger partial charge < -0.3 is 15.3 Å². The number of aliphatic hydroxyl groups is 1. The summed E-state index contributed by atoms with van der Waals surface area (Å²) in [5.41, 5.74) is 1.99. The predicted octanol–water partition coefficient (Wildman–Crippen LogP) is 0.547. The lowest BCUT2D eigenvalue weighted by atomic mass is 10.2. The van der Waals surface area contributed by atoms with Crippen LogP contribution in [0.5, 0.6) is 0 Å². The van der Waals surface area contributed by atoms with Gasteiger partial charge in [0, 0.05) is 19.1 Å². The molecule has 0 aliphatic carbocycles. The van der Waals surface area contributed by atoms with E-state index in [1.165, 1.54) is 12.8 Å². The van der Waals surface area contributed by atoms with Gasteiger partial charge in [-0.3, -0.25) is 0 Å². The minimum absolute atomic E-state index is 0.104. The van der Waals surface area contributed by atoms with Gasteiger partial charge in [0.2, 0.25) is 5.95 Å². The Morgan fingerprint density at radius 3 is 2.65 bits per heavy atom. The molecule has 1 aromatic heterocycles. The fourth-order valence-corrected chi connectivity index (χ4v) is 2.63. The summed E-state index contributed by atoms with van der Waals surface area (Å²) >= 11 is 0. The molecule has 0 aromatic carbocycles. The first-order valence-electron chi connectivity index (χ1n) is 7.60. The Bertz CT molecular complexity index is 420. The summed E-state index contributed by atoms with van der Waals surface area (Å²) in [7, 11) is 0. The van der Waals surface area contributed by atoms with Gasteiger partial charge in [0.15, 0.2) is 0 Å². The number of nitrogens with one attached hydrogen (secondary N) is 1. The molecule has 1 atom stereocenters. The largest absolute Gasteiger partial charge is 0.395 e. The zero-order valence-corrected chi connectivity index (χ0v) is 12.5. The van der Waals surface area contributed by atoms with Crippen LogP contribution in [-0.4, -0.2) is 52.6 Å². The van der Waals surface area contributed by atoms with Crippen LogP contribution in [0.15, 0.2) is 0 Å². The minimum Gasteiger partial charge on any atom is -0.395 e. The third kappa shape index (κ3) is 3.64.